The number of benzene rings is 1. The predicted octanol–water partition coefficient (Wildman–Crippen LogP) is 1.71. The third-order valence-corrected chi connectivity index (χ3v) is 2.97. The van der Waals surface area contributed by atoms with E-state index in [1.807, 2.05) is 0 Å². The van der Waals surface area contributed by atoms with E-state index >= 15 is 0 Å². The number of hydrogen-bond donors (Lipinski definition) is 1. The number of ether oxygens (including phenoxy) is 1. The smallest absolute Gasteiger partial charge is 0.341 e. The van der Waals surface area contributed by atoms with Crippen LogP contribution < -0.4 is 0 Å². The topological polar surface area (TPSA) is 129 Å². The Morgan fingerprint density at radius 1 is 1.25 bits per heavy atom. The van der Waals surface area contributed by atoms with Gasteiger partial charge in [0.2, 0.25) is 0 Å². The average molecular weight is 332 g/mol. The molecule has 1 atom stereocenters. The Morgan fingerprint density at radius 3 is 2.62 bits per heavy atom. The fraction of sp³-hybridized carbons (Fsp3) is 0.133. The lowest BCUT2D eigenvalue weighted by Gasteiger charge is -2.16. The van der Waals surface area contributed by atoms with Crippen molar-refractivity contribution in [2.75, 3.05) is 0 Å². The maximum Gasteiger partial charge on any atom is 0.341 e. The Labute approximate surface area is 135 Å². The number of carboxylic acid groups (broad SMARTS) is 1. The fourth-order valence-corrected chi connectivity index (χ4v) is 1.95. The predicted molar refractivity (Wildman–Crippen MR) is 78.6 cm³/mol. The number of aromatic nitrogens is 1. The Morgan fingerprint density at radius 2 is 2.00 bits per heavy atom. The molecule has 1 aromatic carbocycles. The molecule has 9 nitrogen and oxygen atoms in total. The van der Waals surface area contributed by atoms with Crippen LogP contribution in [0, 0.1) is 10.1 Å². The highest BCUT2D eigenvalue weighted by Gasteiger charge is 2.22. The van der Waals surface area contributed by atoms with Gasteiger partial charge in [0.05, 0.1) is 11.1 Å². The normalized spacial score (nSPS) is 11.3. The summed E-state index contributed by atoms with van der Waals surface area (Å²) in [6.45, 7) is 0. The van der Waals surface area contributed by atoms with Crippen LogP contribution in [-0.2, 0) is 16.0 Å². The van der Waals surface area contributed by atoms with Gasteiger partial charge in [0, 0.05) is 18.8 Å². The molecule has 1 N–H and O–H groups in total. The molecular formula is C15H12N2O7. The second kappa shape index (κ2) is 7.68. The molecule has 124 valence electrons. The van der Waals surface area contributed by atoms with E-state index in [-0.39, 0.29) is 23.1 Å². The number of carboxylic acids is 1. The van der Waals surface area contributed by atoms with Crippen LogP contribution in [0.1, 0.15) is 26.3 Å². The Hall–Kier alpha value is -3.49. The van der Waals surface area contributed by atoms with E-state index in [1.54, 1.807) is 6.07 Å². The molecule has 0 aliphatic heterocycles. The minimum atomic E-state index is -1.59. The summed E-state index contributed by atoms with van der Waals surface area (Å²) in [6.07, 6.45) is 0.796. The molecule has 1 unspecified atom stereocenters. The van der Waals surface area contributed by atoms with Crippen molar-refractivity contribution >= 4 is 11.9 Å². The molecular weight excluding hydrogens is 320 g/mol. The van der Waals surface area contributed by atoms with Crippen molar-refractivity contribution < 1.29 is 29.4 Å². The largest absolute Gasteiger partial charge is 0.478 e. The summed E-state index contributed by atoms with van der Waals surface area (Å²) >= 11 is 0. The quantitative estimate of drug-likeness (QED) is 0.351. The van der Waals surface area contributed by atoms with Crippen LogP contribution in [0.4, 0.5) is 0 Å². The molecule has 24 heavy (non-hydrogen) atoms. The maximum absolute atomic E-state index is 12.0. The molecule has 0 aliphatic rings. The molecule has 0 bridgehead atoms. The number of aromatic carboxylic acids is 1. The maximum atomic E-state index is 12.0. The van der Waals surface area contributed by atoms with Crippen LogP contribution in [0.5, 0.6) is 0 Å². The molecule has 0 fully saturated rings. The van der Waals surface area contributed by atoms with E-state index < -0.39 is 23.3 Å². The average Bonchev–Trinajstić information content (AvgIpc) is 2.55. The van der Waals surface area contributed by atoms with Gasteiger partial charge < -0.3 is 9.84 Å². The van der Waals surface area contributed by atoms with Gasteiger partial charge in [-0.3, -0.25) is 9.82 Å². The highest BCUT2D eigenvalue weighted by molar-refractivity contribution is 5.90. The Bertz CT molecular complexity index is 748. The van der Waals surface area contributed by atoms with Crippen LogP contribution in [0.3, 0.4) is 0 Å². The molecule has 2 aromatic rings. The number of nitrogens with zero attached hydrogens (tertiary/aromatic N) is 2. The molecule has 0 aliphatic carbocycles. The SMILES string of the molecule is O=C(OC(Cc1ccccc1C(=O)O)O[N+](=O)[O-])c1cccnc1. The second-order valence-electron chi connectivity index (χ2n) is 4.57. The summed E-state index contributed by atoms with van der Waals surface area (Å²) in [5.74, 6) is -2.08. The zero-order valence-corrected chi connectivity index (χ0v) is 12.2. The van der Waals surface area contributed by atoms with Gasteiger partial charge >= 0.3 is 11.9 Å². The summed E-state index contributed by atoms with van der Waals surface area (Å²) in [5, 5.41) is 18.6. The first-order valence-corrected chi connectivity index (χ1v) is 6.70. The summed E-state index contributed by atoms with van der Waals surface area (Å²) in [6, 6.07) is 8.79. The van der Waals surface area contributed by atoms with Gasteiger partial charge in [-0.05, 0) is 23.8 Å². The monoisotopic (exact) mass is 332 g/mol. The van der Waals surface area contributed by atoms with Crippen LogP contribution in [0.15, 0.2) is 48.8 Å². The van der Waals surface area contributed by atoms with E-state index in [1.165, 1.54) is 42.7 Å². The van der Waals surface area contributed by atoms with Gasteiger partial charge in [-0.1, -0.05) is 18.2 Å². The van der Waals surface area contributed by atoms with Gasteiger partial charge in [0.15, 0.2) is 0 Å². The zero-order valence-electron chi connectivity index (χ0n) is 12.2. The number of carbonyl (C=O) groups excluding carboxylic acids is 1. The van der Waals surface area contributed by atoms with Gasteiger partial charge in [0.1, 0.15) is 0 Å². The van der Waals surface area contributed by atoms with Crippen molar-refractivity contribution in [1.82, 2.24) is 4.98 Å². The van der Waals surface area contributed by atoms with Crippen molar-refractivity contribution in [1.29, 1.82) is 0 Å². The molecule has 9 heteroatoms. The van der Waals surface area contributed by atoms with E-state index in [2.05, 4.69) is 9.82 Å². The van der Waals surface area contributed by atoms with Crippen molar-refractivity contribution in [3.8, 4) is 0 Å². The Kier molecular flexibility index (Phi) is 5.40. The van der Waals surface area contributed by atoms with Gasteiger partial charge in [-0.25, -0.2) is 9.59 Å². The highest BCUT2D eigenvalue weighted by atomic mass is 17.0. The number of rotatable bonds is 7. The van der Waals surface area contributed by atoms with Crippen molar-refractivity contribution in [3.63, 3.8) is 0 Å². The van der Waals surface area contributed by atoms with Crippen molar-refractivity contribution in [2.24, 2.45) is 0 Å². The number of hydrogen-bond acceptors (Lipinski definition) is 7. The zero-order chi connectivity index (χ0) is 17.5. The molecule has 1 aromatic heterocycles. The summed E-state index contributed by atoms with van der Waals surface area (Å²) in [5.41, 5.74) is 0.253. The van der Waals surface area contributed by atoms with E-state index in [0.29, 0.717) is 0 Å². The number of esters is 1. The van der Waals surface area contributed by atoms with E-state index in [4.69, 9.17) is 9.84 Å². The van der Waals surface area contributed by atoms with Gasteiger partial charge in [0.25, 0.3) is 11.4 Å². The first-order chi connectivity index (χ1) is 11.5. The molecule has 0 radical (unpaired) electrons. The van der Waals surface area contributed by atoms with E-state index in [0.717, 1.165) is 0 Å². The van der Waals surface area contributed by atoms with Crippen LogP contribution >= 0.6 is 0 Å². The van der Waals surface area contributed by atoms with Gasteiger partial charge in [-0.15, -0.1) is 10.1 Å². The second-order valence-corrected chi connectivity index (χ2v) is 4.57. The van der Waals surface area contributed by atoms with Crippen molar-refractivity contribution in [3.05, 3.63) is 75.6 Å². The highest BCUT2D eigenvalue weighted by Crippen LogP contribution is 2.15. The van der Waals surface area contributed by atoms with Crippen molar-refractivity contribution in [2.45, 2.75) is 12.7 Å². The van der Waals surface area contributed by atoms with Crippen LogP contribution in [0.25, 0.3) is 0 Å². The summed E-state index contributed by atoms with van der Waals surface area (Å²) < 4.78 is 4.95. The first kappa shape index (κ1) is 16.9. The van der Waals surface area contributed by atoms with Gasteiger partial charge in [-0.2, -0.15) is 0 Å². The number of pyridine rings is 1. The van der Waals surface area contributed by atoms with Crippen LogP contribution in [-0.4, -0.2) is 33.4 Å². The number of carbonyl (C=O) groups is 2. The third kappa shape index (κ3) is 4.50. The lowest BCUT2D eigenvalue weighted by Crippen LogP contribution is -2.27. The lowest BCUT2D eigenvalue weighted by atomic mass is 10.0. The first-order valence-electron chi connectivity index (χ1n) is 6.70. The minimum Gasteiger partial charge on any atom is -0.478 e. The lowest BCUT2D eigenvalue weighted by molar-refractivity contribution is -0.778. The molecule has 0 amide bonds. The molecule has 2 rings (SSSR count). The molecule has 0 saturated heterocycles. The molecule has 0 spiro atoms. The molecule has 1 heterocycles. The molecule has 0 saturated carbocycles. The van der Waals surface area contributed by atoms with E-state index in [9.17, 15) is 19.7 Å². The summed E-state index contributed by atoms with van der Waals surface area (Å²) in [4.78, 5) is 41.8. The fourth-order valence-electron chi connectivity index (χ4n) is 1.95. The third-order valence-electron chi connectivity index (χ3n) is 2.97. The standard InChI is InChI=1S/C15H12N2O7/c18-14(19)12-6-2-1-4-10(12)8-13(24-17(21)22)23-15(20)11-5-3-7-16-9-11/h1-7,9,13H,8H2,(H,18,19). The van der Waals surface area contributed by atoms with Crippen LogP contribution in [0.2, 0.25) is 0 Å². The Balaban J connectivity index is 2.19. The minimum absolute atomic E-state index is 0.0631. The summed E-state index contributed by atoms with van der Waals surface area (Å²) in [7, 11) is 0.